The molecule has 2 aromatic carbocycles. The van der Waals surface area contributed by atoms with Crippen LogP contribution in [0.1, 0.15) is 24.5 Å². The molecule has 0 aliphatic heterocycles. The van der Waals surface area contributed by atoms with E-state index in [0.717, 1.165) is 12.0 Å². The third-order valence-electron chi connectivity index (χ3n) is 3.48. The molecule has 0 bridgehead atoms. The predicted octanol–water partition coefficient (Wildman–Crippen LogP) is 4.14. The Morgan fingerprint density at radius 2 is 1.56 bits per heavy atom. The number of halogens is 2. The van der Waals surface area contributed by atoms with Crippen molar-refractivity contribution in [2.75, 3.05) is 6.54 Å². The average molecular weight is 344 g/mol. The number of carbonyl (C=O) groups excluding carboxylic acids is 1. The van der Waals surface area contributed by atoms with E-state index in [-0.39, 0.29) is 6.42 Å². The topological polar surface area (TPSA) is 52.9 Å². The van der Waals surface area contributed by atoms with E-state index in [1.165, 1.54) is 5.56 Å². The Morgan fingerprint density at radius 1 is 1.04 bits per heavy atom. The van der Waals surface area contributed by atoms with Crippen LogP contribution in [0.2, 0.25) is 0 Å². The molecule has 0 aromatic heterocycles. The van der Waals surface area contributed by atoms with Gasteiger partial charge in [0.2, 0.25) is 0 Å². The lowest BCUT2D eigenvalue weighted by molar-refractivity contribution is -0.146. The van der Waals surface area contributed by atoms with Gasteiger partial charge < -0.3 is 5.32 Å². The van der Waals surface area contributed by atoms with Crippen LogP contribution in [-0.4, -0.2) is 18.4 Å². The molecule has 0 fully saturated rings. The summed E-state index contributed by atoms with van der Waals surface area (Å²) in [7, 11) is 0. The Kier molecular flexibility index (Phi) is 8.87. The highest BCUT2D eigenvalue weighted by Crippen LogP contribution is 2.21. The van der Waals surface area contributed by atoms with E-state index < -0.39 is 24.8 Å². The fraction of sp³-hybridized carbons (Fsp3) is 0.300. The van der Waals surface area contributed by atoms with Crippen LogP contribution in [0.5, 0.6) is 0 Å². The van der Waals surface area contributed by atoms with Gasteiger partial charge in [0.1, 0.15) is 6.54 Å². The number of alkyl halides is 2. The third kappa shape index (κ3) is 8.07. The second kappa shape index (κ2) is 10.9. The summed E-state index contributed by atoms with van der Waals surface area (Å²) in [6.07, 6.45) is 0.697. The highest BCUT2D eigenvalue weighted by molar-refractivity contribution is 5.83. The second-order valence-electron chi connectivity index (χ2n) is 5.37. The van der Waals surface area contributed by atoms with Crippen LogP contribution in [0.4, 0.5) is 8.78 Å². The smallest absolute Gasteiger partial charge is 0.324 e. The Bertz CT molecular complexity index is 667. The summed E-state index contributed by atoms with van der Waals surface area (Å²) >= 11 is 0. The summed E-state index contributed by atoms with van der Waals surface area (Å²) in [5.41, 5.74) is 2.16. The van der Waals surface area contributed by atoms with E-state index in [1.54, 1.807) is 36.4 Å². The first-order valence-electron chi connectivity index (χ1n) is 8.10. The summed E-state index contributed by atoms with van der Waals surface area (Å²) in [5, 5.41) is 10.0. The van der Waals surface area contributed by atoms with E-state index in [0.29, 0.717) is 0 Å². The number of hydrogen-bond acceptors (Lipinski definition) is 2. The fourth-order valence-corrected chi connectivity index (χ4v) is 2.02. The van der Waals surface area contributed by atoms with Crippen LogP contribution in [0, 0.1) is 11.3 Å². The standard InChI is InChI=1S/C12H12F2N2O.C8H10/c13-12(14,11(17)16-9-8-15)7-6-10-4-2-1-3-5-10;1-2-8-6-4-3-5-7-8/h1-5H,6-7,9H2,(H,16,17);3-7H,2H2,1H3. The minimum Gasteiger partial charge on any atom is -0.338 e. The van der Waals surface area contributed by atoms with Crippen molar-refractivity contribution in [3.63, 3.8) is 0 Å². The first-order valence-corrected chi connectivity index (χ1v) is 8.10. The van der Waals surface area contributed by atoms with Gasteiger partial charge >= 0.3 is 5.92 Å². The number of aryl methyl sites for hydroxylation is 2. The van der Waals surface area contributed by atoms with E-state index in [9.17, 15) is 13.6 Å². The molecule has 0 heterocycles. The molecule has 3 nitrogen and oxygen atoms in total. The molecule has 0 atom stereocenters. The molecule has 2 rings (SSSR count). The molecular weight excluding hydrogens is 322 g/mol. The van der Waals surface area contributed by atoms with Crippen molar-refractivity contribution in [3.8, 4) is 6.07 Å². The SMILES string of the molecule is CCc1ccccc1.N#CCNC(=O)C(F)(F)CCc1ccccc1. The normalized spacial score (nSPS) is 10.2. The van der Waals surface area contributed by atoms with Gasteiger partial charge in [-0.25, -0.2) is 0 Å². The largest absolute Gasteiger partial charge is 0.338 e. The first kappa shape index (κ1) is 20.3. The van der Waals surface area contributed by atoms with Gasteiger partial charge in [-0.3, -0.25) is 4.79 Å². The molecule has 2 aromatic rings. The molecule has 0 spiro atoms. The van der Waals surface area contributed by atoms with E-state index in [2.05, 4.69) is 31.2 Å². The molecule has 0 saturated carbocycles. The summed E-state index contributed by atoms with van der Waals surface area (Å²) in [4.78, 5) is 11.0. The molecule has 0 saturated heterocycles. The molecular formula is C20H22F2N2O. The molecule has 1 amide bonds. The second-order valence-corrected chi connectivity index (χ2v) is 5.37. The lowest BCUT2D eigenvalue weighted by atomic mass is 10.1. The number of nitrogens with zero attached hydrogens (tertiary/aromatic N) is 1. The lowest BCUT2D eigenvalue weighted by Crippen LogP contribution is -2.40. The van der Waals surface area contributed by atoms with Crippen LogP contribution >= 0.6 is 0 Å². The van der Waals surface area contributed by atoms with Crippen LogP contribution in [0.3, 0.4) is 0 Å². The van der Waals surface area contributed by atoms with Crippen LogP contribution in [0.25, 0.3) is 0 Å². The van der Waals surface area contributed by atoms with Gasteiger partial charge in [0.15, 0.2) is 0 Å². The van der Waals surface area contributed by atoms with Crippen molar-refractivity contribution >= 4 is 5.91 Å². The van der Waals surface area contributed by atoms with Crippen molar-refractivity contribution in [2.45, 2.75) is 32.1 Å². The minimum atomic E-state index is -3.44. The maximum Gasteiger partial charge on any atom is 0.324 e. The van der Waals surface area contributed by atoms with Gasteiger partial charge in [-0.15, -0.1) is 0 Å². The van der Waals surface area contributed by atoms with Gasteiger partial charge in [-0.05, 0) is 24.0 Å². The van der Waals surface area contributed by atoms with Crippen LogP contribution in [0.15, 0.2) is 60.7 Å². The maximum atomic E-state index is 13.3. The number of hydrogen-bond donors (Lipinski definition) is 1. The summed E-state index contributed by atoms with van der Waals surface area (Å²) in [6.45, 7) is 1.76. The highest BCUT2D eigenvalue weighted by atomic mass is 19.3. The number of rotatable bonds is 6. The molecule has 0 aliphatic rings. The lowest BCUT2D eigenvalue weighted by Gasteiger charge is -2.14. The average Bonchev–Trinajstić information content (AvgIpc) is 2.66. The molecule has 25 heavy (non-hydrogen) atoms. The van der Waals surface area contributed by atoms with Crippen molar-refractivity contribution in [3.05, 3.63) is 71.8 Å². The van der Waals surface area contributed by atoms with Gasteiger partial charge in [0.25, 0.3) is 5.91 Å². The number of carbonyl (C=O) groups is 1. The van der Waals surface area contributed by atoms with Gasteiger partial charge in [-0.1, -0.05) is 67.6 Å². The van der Waals surface area contributed by atoms with Gasteiger partial charge in [0.05, 0.1) is 6.07 Å². The summed E-state index contributed by atoms with van der Waals surface area (Å²) in [5.74, 6) is -4.83. The molecule has 0 aliphatic carbocycles. The van der Waals surface area contributed by atoms with Crippen LogP contribution in [-0.2, 0) is 17.6 Å². The molecule has 5 heteroatoms. The number of amides is 1. The van der Waals surface area contributed by atoms with Crippen molar-refractivity contribution in [1.82, 2.24) is 5.32 Å². The Labute approximate surface area is 147 Å². The summed E-state index contributed by atoms with van der Waals surface area (Å²) < 4.78 is 26.6. The minimum absolute atomic E-state index is 0.119. The van der Waals surface area contributed by atoms with E-state index in [4.69, 9.17) is 5.26 Å². The van der Waals surface area contributed by atoms with Gasteiger partial charge in [0, 0.05) is 6.42 Å². The number of benzene rings is 2. The quantitative estimate of drug-likeness (QED) is 0.801. The monoisotopic (exact) mass is 344 g/mol. The fourth-order valence-electron chi connectivity index (χ4n) is 2.02. The van der Waals surface area contributed by atoms with Crippen molar-refractivity contribution in [2.24, 2.45) is 0 Å². The third-order valence-corrected chi connectivity index (χ3v) is 3.48. The molecule has 0 radical (unpaired) electrons. The molecule has 0 unspecified atom stereocenters. The van der Waals surface area contributed by atoms with Crippen molar-refractivity contribution < 1.29 is 13.6 Å². The van der Waals surface area contributed by atoms with Gasteiger partial charge in [-0.2, -0.15) is 14.0 Å². The van der Waals surface area contributed by atoms with Crippen LogP contribution < -0.4 is 5.32 Å². The molecule has 1 N–H and O–H groups in total. The zero-order chi connectivity index (χ0) is 18.5. The zero-order valence-corrected chi connectivity index (χ0v) is 14.2. The maximum absolute atomic E-state index is 13.3. The summed E-state index contributed by atoms with van der Waals surface area (Å²) in [6, 6.07) is 20.8. The van der Waals surface area contributed by atoms with E-state index >= 15 is 0 Å². The number of nitrogens with one attached hydrogen (secondary N) is 1. The Balaban J connectivity index is 0.000000324. The predicted molar refractivity (Wildman–Crippen MR) is 94.2 cm³/mol. The Hall–Kier alpha value is -2.74. The Morgan fingerprint density at radius 3 is 2.00 bits per heavy atom. The van der Waals surface area contributed by atoms with E-state index in [1.807, 2.05) is 11.4 Å². The zero-order valence-electron chi connectivity index (χ0n) is 14.2. The molecule has 132 valence electrons. The van der Waals surface area contributed by atoms with Crippen molar-refractivity contribution in [1.29, 1.82) is 5.26 Å². The highest BCUT2D eigenvalue weighted by Gasteiger charge is 2.37. The number of nitriles is 1. The first-order chi connectivity index (χ1) is 12.0.